The molecule has 0 bridgehead atoms. The van der Waals surface area contributed by atoms with Crippen molar-refractivity contribution in [1.82, 2.24) is 10.6 Å². The molecule has 1 amide bonds. The lowest BCUT2D eigenvalue weighted by Crippen LogP contribution is -2.46. The van der Waals surface area contributed by atoms with Gasteiger partial charge in [0.15, 0.2) is 0 Å². The number of carbonyl (C=O) groups excluding carboxylic acids is 1. The molecule has 1 aliphatic heterocycles. The maximum Gasteiger partial charge on any atom is 0.251 e. The topological polar surface area (TPSA) is 74.2 Å². The maximum atomic E-state index is 14.6. The van der Waals surface area contributed by atoms with Crippen LogP contribution in [0.3, 0.4) is 0 Å². The van der Waals surface area contributed by atoms with Crippen LogP contribution < -0.4 is 10.6 Å². The first-order valence-electron chi connectivity index (χ1n) is 9.61. The summed E-state index contributed by atoms with van der Waals surface area (Å²) in [6.07, 6.45) is -0.0362. The van der Waals surface area contributed by atoms with Crippen LogP contribution in [0.1, 0.15) is 12.0 Å². The highest BCUT2D eigenvalue weighted by atomic mass is 32.3. The number of nitriles is 1. The van der Waals surface area contributed by atoms with Gasteiger partial charge in [0, 0.05) is 19.6 Å². The molecule has 0 radical (unpaired) electrons. The quantitative estimate of drug-likeness (QED) is 0.639. The predicted octanol–water partition coefficient (Wildman–Crippen LogP) is 4.24. The zero-order chi connectivity index (χ0) is 22.4. The first-order valence-corrected chi connectivity index (χ1v) is 10.9. The Bertz CT molecular complexity index is 970. The monoisotopic (exact) mass is 455 g/mol. The molecule has 1 heterocycles. The van der Waals surface area contributed by atoms with Crippen LogP contribution >= 0.6 is 11.2 Å². The minimum absolute atomic E-state index is 0.0821. The Labute approximate surface area is 179 Å². The third-order valence-corrected chi connectivity index (χ3v) is 5.61. The number of benzene rings is 2. The minimum atomic E-state index is -5.38. The molecule has 0 saturated carbocycles. The molecule has 0 spiro atoms. The number of hydrogen-bond donors (Lipinski definition) is 2. The fourth-order valence-corrected chi connectivity index (χ4v) is 3.70. The second-order valence-electron chi connectivity index (χ2n) is 7.05. The molecular weight excluding hydrogens is 434 g/mol. The number of nitrogens with one attached hydrogen (secondary N) is 2. The Morgan fingerprint density at radius 2 is 2.03 bits per heavy atom. The van der Waals surface area contributed by atoms with Crippen molar-refractivity contribution in [3.63, 3.8) is 0 Å². The van der Waals surface area contributed by atoms with Gasteiger partial charge in [-0.2, -0.15) is 5.26 Å². The third-order valence-electron chi connectivity index (χ3n) is 4.82. The molecule has 2 N–H and O–H groups in total. The van der Waals surface area contributed by atoms with Crippen LogP contribution in [0.5, 0.6) is 0 Å². The van der Waals surface area contributed by atoms with Crippen molar-refractivity contribution in [3.8, 4) is 17.2 Å². The average Bonchev–Trinajstić information content (AvgIpc) is 3.03. The number of carbonyl (C=O) groups is 1. The van der Waals surface area contributed by atoms with E-state index in [1.165, 1.54) is 24.3 Å². The standard InChI is InChI=1S/C21H21F4N3O2S/c22-19-11-15(14-3-1-4-18(10-14)31(23,24)25)5-6-16(19)9-17(12-26)28-21(29)20-13-27-7-2-8-30-20/h1,3-6,10-11,17,20,27H,2,7-9,13H2,(H,28,29)/t17-,20-/m0/s1. The van der Waals surface area contributed by atoms with E-state index >= 15 is 0 Å². The van der Waals surface area contributed by atoms with Crippen molar-refractivity contribution in [2.45, 2.75) is 29.9 Å². The molecule has 2 aromatic rings. The van der Waals surface area contributed by atoms with Crippen LogP contribution in [0.2, 0.25) is 0 Å². The molecule has 0 aliphatic carbocycles. The Kier molecular flexibility index (Phi) is 7.54. The molecule has 1 aliphatic rings. The van der Waals surface area contributed by atoms with E-state index in [9.17, 15) is 26.1 Å². The van der Waals surface area contributed by atoms with Crippen LogP contribution in [-0.4, -0.2) is 37.7 Å². The van der Waals surface area contributed by atoms with E-state index in [1.807, 2.05) is 6.07 Å². The van der Waals surface area contributed by atoms with Crippen LogP contribution in [0.25, 0.3) is 11.1 Å². The summed E-state index contributed by atoms with van der Waals surface area (Å²) in [5, 5.41) is 15.0. The Morgan fingerprint density at radius 3 is 2.74 bits per heavy atom. The largest absolute Gasteiger partial charge is 0.367 e. The highest BCUT2D eigenvalue weighted by molar-refractivity contribution is 8.20. The number of ether oxygens (including phenoxy) is 1. The van der Waals surface area contributed by atoms with Gasteiger partial charge in [0.25, 0.3) is 5.91 Å². The summed E-state index contributed by atoms with van der Waals surface area (Å²) in [6.45, 7) is 1.48. The smallest absolute Gasteiger partial charge is 0.251 e. The number of amides is 1. The summed E-state index contributed by atoms with van der Waals surface area (Å²) in [6, 6.07) is 9.74. The normalized spacial score (nSPS) is 18.5. The molecule has 10 heteroatoms. The van der Waals surface area contributed by atoms with Gasteiger partial charge in [-0.15, -0.1) is 11.7 Å². The lowest BCUT2D eigenvalue weighted by atomic mass is 10.00. The fraction of sp³-hybridized carbons (Fsp3) is 0.333. The minimum Gasteiger partial charge on any atom is -0.367 e. The van der Waals surface area contributed by atoms with Crippen molar-refractivity contribution < 1.29 is 25.6 Å². The average molecular weight is 455 g/mol. The fourth-order valence-electron chi connectivity index (χ4n) is 3.21. The van der Waals surface area contributed by atoms with Crippen molar-refractivity contribution in [2.24, 2.45) is 0 Å². The molecule has 0 aromatic heterocycles. The number of hydrogen-bond acceptors (Lipinski definition) is 4. The molecule has 5 nitrogen and oxygen atoms in total. The van der Waals surface area contributed by atoms with Gasteiger partial charge in [-0.1, -0.05) is 24.3 Å². The van der Waals surface area contributed by atoms with E-state index in [4.69, 9.17) is 4.74 Å². The van der Waals surface area contributed by atoms with Gasteiger partial charge in [-0.05, 0) is 47.9 Å². The molecule has 31 heavy (non-hydrogen) atoms. The molecule has 3 rings (SSSR count). The predicted molar refractivity (Wildman–Crippen MR) is 109 cm³/mol. The van der Waals surface area contributed by atoms with E-state index in [1.54, 1.807) is 0 Å². The third kappa shape index (κ3) is 6.19. The lowest BCUT2D eigenvalue weighted by Gasteiger charge is -2.18. The van der Waals surface area contributed by atoms with Crippen molar-refractivity contribution in [1.29, 1.82) is 5.26 Å². The van der Waals surface area contributed by atoms with Gasteiger partial charge in [-0.3, -0.25) is 4.79 Å². The summed E-state index contributed by atoms with van der Waals surface area (Å²) in [7, 11) is 0. The summed E-state index contributed by atoms with van der Waals surface area (Å²) in [5.41, 5.74) is 0.714. The lowest BCUT2D eigenvalue weighted by molar-refractivity contribution is -0.132. The van der Waals surface area contributed by atoms with Crippen molar-refractivity contribution in [2.75, 3.05) is 19.7 Å². The zero-order valence-corrected chi connectivity index (χ0v) is 17.2. The van der Waals surface area contributed by atoms with E-state index in [0.717, 1.165) is 31.2 Å². The molecular formula is C21H21F4N3O2S. The Morgan fingerprint density at radius 1 is 1.26 bits per heavy atom. The highest BCUT2D eigenvalue weighted by Crippen LogP contribution is 2.60. The summed E-state index contributed by atoms with van der Waals surface area (Å²) >= 11 is -5.38. The zero-order valence-electron chi connectivity index (χ0n) is 16.4. The number of nitrogens with zero attached hydrogens (tertiary/aromatic N) is 1. The molecule has 2 aromatic carbocycles. The van der Waals surface area contributed by atoms with Gasteiger partial charge in [0.05, 0.1) is 11.0 Å². The molecule has 166 valence electrons. The second-order valence-corrected chi connectivity index (χ2v) is 8.34. The maximum absolute atomic E-state index is 14.6. The molecule has 1 fully saturated rings. The Hall–Kier alpha value is -2.61. The van der Waals surface area contributed by atoms with Crippen molar-refractivity contribution in [3.05, 3.63) is 53.8 Å². The van der Waals surface area contributed by atoms with Crippen molar-refractivity contribution >= 4 is 17.1 Å². The SMILES string of the molecule is N#C[C@H](Cc1ccc(-c2cccc(S(F)(F)F)c2)cc1F)NC(=O)[C@@H]1CNCCCO1. The van der Waals surface area contributed by atoms with Gasteiger partial charge in [0.1, 0.15) is 18.0 Å². The van der Waals surface area contributed by atoms with E-state index in [0.29, 0.717) is 18.7 Å². The van der Waals surface area contributed by atoms with Gasteiger partial charge in [-0.25, -0.2) is 4.39 Å². The van der Waals surface area contributed by atoms with Gasteiger partial charge < -0.3 is 15.4 Å². The first-order chi connectivity index (χ1) is 14.8. The Balaban J connectivity index is 1.71. The van der Waals surface area contributed by atoms with Crippen LogP contribution in [0.4, 0.5) is 16.0 Å². The van der Waals surface area contributed by atoms with Gasteiger partial charge >= 0.3 is 0 Å². The first kappa shape index (κ1) is 23.1. The molecule has 2 atom stereocenters. The second kappa shape index (κ2) is 10.1. The van der Waals surface area contributed by atoms with E-state index < -0.39 is 40.0 Å². The number of halogens is 4. The molecule has 0 unspecified atom stereocenters. The molecule has 1 saturated heterocycles. The number of rotatable bonds is 6. The highest BCUT2D eigenvalue weighted by Gasteiger charge is 2.25. The van der Waals surface area contributed by atoms with Crippen LogP contribution in [-0.2, 0) is 16.0 Å². The summed E-state index contributed by atoms with van der Waals surface area (Å²) in [4.78, 5) is 11.6. The van der Waals surface area contributed by atoms with Crippen LogP contribution in [0.15, 0.2) is 47.4 Å². The van der Waals surface area contributed by atoms with Crippen LogP contribution in [0, 0.1) is 17.1 Å². The van der Waals surface area contributed by atoms with E-state index in [2.05, 4.69) is 10.6 Å². The summed E-state index contributed by atoms with van der Waals surface area (Å²) < 4.78 is 59.1. The van der Waals surface area contributed by atoms with E-state index in [-0.39, 0.29) is 17.5 Å². The van der Waals surface area contributed by atoms with Gasteiger partial charge in [0.2, 0.25) is 11.2 Å². The summed E-state index contributed by atoms with van der Waals surface area (Å²) in [5.74, 6) is -1.12.